The van der Waals surface area contributed by atoms with Crippen LogP contribution < -0.4 is 11.1 Å². The van der Waals surface area contributed by atoms with Crippen molar-refractivity contribution in [2.45, 2.75) is 6.18 Å². The van der Waals surface area contributed by atoms with Gasteiger partial charge in [0.15, 0.2) is 0 Å². The van der Waals surface area contributed by atoms with Crippen LogP contribution >= 0.6 is 0 Å². The van der Waals surface area contributed by atoms with E-state index < -0.39 is 17.6 Å². The van der Waals surface area contributed by atoms with Crippen molar-refractivity contribution in [3.8, 4) is 0 Å². The van der Waals surface area contributed by atoms with Crippen molar-refractivity contribution in [1.82, 2.24) is 4.98 Å². The molecule has 0 saturated carbocycles. The lowest BCUT2D eigenvalue weighted by Crippen LogP contribution is -2.08. The summed E-state index contributed by atoms with van der Waals surface area (Å²) in [7, 11) is 0. The van der Waals surface area contributed by atoms with Gasteiger partial charge in [-0.25, -0.2) is 9.37 Å². The van der Waals surface area contributed by atoms with Crippen molar-refractivity contribution in [3.63, 3.8) is 0 Å². The Balaban J connectivity index is 2.36. The number of alkyl halides is 3. The number of aromatic nitrogens is 1. The Hall–Kier alpha value is -2.31. The van der Waals surface area contributed by atoms with Gasteiger partial charge in [0.2, 0.25) is 0 Å². The van der Waals surface area contributed by atoms with Crippen LogP contribution in [0.1, 0.15) is 5.56 Å². The second-order valence-electron chi connectivity index (χ2n) is 3.77. The molecule has 1 aromatic heterocycles. The molecule has 2 rings (SSSR count). The third-order valence-electron chi connectivity index (χ3n) is 2.31. The molecule has 0 radical (unpaired) electrons. The minimum absolute atomic E-state index is 0.0220. The number of nitrogens with zero attached hydrogens (tertiary/aromatic N) is 1. The number of anilines is 3. The summed E-state index contributed by atoms with van der Waals surface area (Å²) < 4.78 is 51.1. The van der Waals surface area contributed by atoms with Gasteiger partial charge in [-0.2, -0.15) is 13.2 Å². The lowest BCUT2D eigenvalue weighted by molar-refractivity contribution is -0.137. The normalized spacial score (nSPS) is 11.4. The monoisotopic (exact) mass is 271 g/mol. The third kappa shape index (κ3) is 3.12. The van der Waals surface area contributed by atoms with Gasteiger partial charge in [0.1, 0.15) is 17.5 Å². The average Bonchev–Trinajstić information content (AvgIpc) is 2.30. The summed E-state index contributed by atoms with van der Waals surface area (Å²) in [5, 5.41) is 2.46. The zero-order chi connectivity index (χ0) is 14.0. The first kappa shape index (κ1) is 13.1. The zero-order valence-corrected chi connectivity index (χ0v) is 9.50. The number of rotatable bonds is 2. The predicted octanol–water partition coefficient (Wildman–Crippen LogP) is 3.57. The van der Waals surface area contributed by atoms with Gasteiger partial charge in [-0.1, -0.05) is 12.1 Å². The molecule has 7 heteroatoms. The van der Waals surface area contributed by atoms with Gasteiger partial charge in [-0.3, -0.25) is 0 Å². The van der Waals surface area contributed by atoms with Crippen molar-refractivity contribution in [3.05, 3.63) is 47.8 Å². The molecule has 100 valence electrons. The number of benzene rings is 1. The number of hydrogen-bond acceptors (Lipinski definition) is 3. The second-order valence-corrected chi connectivity index (χ2v) is 3.77. The van der Waals surface area contributed by atoms with E-state index in [1.54, 1.807) is 6.07 Å². The van der Waals surface area contributed by atoms with Crippen LogP contribution in [-0.2, 0) is 6.18 Å². The van der Waals surface area contributed by atoms with E-state index >= 15 is 0 Å². The summed E-state index contributed by atoms with van der Waals surface area (Å²) in [6.45, 7) is 0. The fraction of sp³-hybridized carbons (Fsp3) is 0.0833. The smallest absolute Gasteiger partial charge is 0.384 e. The molecule has 1 aromatic carbocycles. The molecular weight excluding hydrogens is 262 g/mol. The van der Waals surface area contributed by atoms with Gasteiger partial charge >= 0.3 is 6.18 Å². The van der Waals surface area contributed by atoms with Crippen molar-refractivity contribution in [2.24, 2.45) is 0 Å². The second kappa shape index (κ2) is 4.75. The molecule has 0 unspecified atom stereocenters. The molecule has 0 amide bonds. The number of para-hydroxylation sites is 1. The molecular formula is C12H9F4N3. The van der Waals surface area contributed by atoms with Crippen molar-refractivity contribution in [2.75, 3.05) is 11.1 Å². The van der Waals surface area contributed by atoms with E-state index in [1.165, 1.54) is 18.2 Å². The Bertz CT molecular complexity index is 596. The molecule has 19 heavy (non-hydrogen) atoms. The molecule has 0 saturated heterocycles. The topological polar surface area (TPSA) is 50.9 Å². The molecule has 3 nitrogen and oxygen atoms in total. The average molecular weight is 271 g/mol. The Morgan fingerprint density at radius 1 is 1.11 bits per heavy atom. The largest absolute Gasteiger partial charge is 0.416 e. The van der Waals surface area contributed by atoms with E-state index in [-0.39, 0.29) is 17.3 Å². The fourth-order valence-corrected chi connectivity index (χ4v) is 1.48. The van der Waals surface area contributed by atoms with Crippen LogP contribution in [0.5, 0.6) is 0 Å². The molecule has 3 N–H and O–H groups in total. The van der Waals surface area contributed by atoms with Crippen LogP contribution in [-0.4, -0.2) is 4.98 Å². The third-order valence-corrected chi connectivity index (χ3v) is 2.31. The quantitative estimate of drug-likeness (QED) is 0.821. The Morgan fingerprint density at radius 2 is 1.79 bits per heavy atom. The van der Waals surface area contributed by atoms with Crippen LogP contribution in [0.25, 0.3) is 0 Å². The van der Waals surface area contributed by atoms with Gasteiger partial charge in [-0.15, -0.1) is 0 Å². The van der Waals surface area contributed by atoms with E-state index in [9.17, 15) is 17.6 Å². The number of pyridine rings is 1. The molecule has 0 aliphatic heterocycles. The number of nitrogens with two attached hydrogens (primary N) is 1. The highest BCUT2D eigenvalue weighted by molar-refractivity contribution is 5.59. The van der Waals surface area contributed by atoms with Gasteiger partial charge in [0.25, 0.3) is 0 Å². The highest BCUT2D eigenvalue weighted by Crippen LogP contribution is 2.32. The molecule has 0 spiro atoms. The van der Waals surface area contributed by atoms with E-state index in [1.807, 2.05) is 0 Å². The van der Waals surface area contributed by atoms with Crippen LogP contribution in [0.3, 0.4) is 0 Å². The molecule has 0 aliphatic rings. The number of hydrogen-bond donors (Lipinski definition) is 2. The minimum atomic E-state index is -4.54. The number of nitrogen functional groups attached to an aromatic ring is 1. The molecule has 2 aromatic rings. The molecule has 1 heterocycles. The Labute approximate surface area is 106 Å². The molecule has 0 aliphatic carbocycles. The minimum Gasteiger partial charge on any atom is -0.384 e. The maximum Gasteiger partial charge on any atom is 0.416 e. The number of halogens is 4. The maximum atomic E-state index is 13.4. The van der Waals surface area contributed by atoms with Crippen molar-refractivity contribution >= 4 is 17.3 Å². The highest BCUT2D eigenvalue weighted by Gasteiger charge is 2.31. The summed E-state index contributed by atoms with van der Waals surface area (Å²) in [6, 6.07) is 7.05. The van der Waals surface area contributed by atoms with Crippen molar-refractivity contribution < 1.29 is 17.6 Å². The highest BCUT2D eigenvalue weighted by atomic mass is 19.4. The first-order valence-electron chi connectivity index (χ1n) is 5.22. The summed E-state index contributed by atoms with van der Waals surface area (Å²) in [6.07, 6.45) is -4.54. The van der Waals surface area contributed by atoms with E-state index in [4.69, 9.17) is 5.73 Å². The first-order valence-corrected chi connectivity index (χ1v) is 5.22. The van der Waals surface area contributed by atoms with Gasteiger partial charge in [0, 0.05) is 0 Å². The van der Waals surface area contributed by atoms with Gasteiger partial charge in [0.05, 0.1) is 11.3 Å². The van der Waals surface area contributed by atoms with Crippen LogP contribution in [0, 0.1) is 5.82 Å². The summed E-state index contributed by atoms with van der Waals surface area (Å²) in [4.78, 5) is 3.68. The lowest BCUT2D eigenvalue weighted by Gasteiger charge is -2.11. The van der Waals surface area contributed by atoms with E-state index in [2.05, 4.69) is 10.3 Å². The first-order chi connectivity index (χ1) is 8.86. The molecule has 0 bridgehead atoms. The summed E-state index contributed by atoms with van der Waals surface area (Å²) in [5.74, 6) is -1.06. The summed E-state index contributed by atoms with van der Waals surface area (Å²) in [5.41, 5.74) is 4.38. The van der Waals surface area contributed by atoms with E-state index in [0.29, 0.717) is 6.07 Å². The predicted molar refractivity (Wildman–Crippen MR) is 63.3 cm³/mol. The summed E-state index contributed by atoms with van der Waals surface area (Å²) >= 11 is 0. The lowest BCUT2D eigenvalue weighted by atomic mass is 10.2. The maximum absolute atomic E-state index is 13.4. The van der Waals surface area contributed by atoms with Crippen LogP contribution in [0.4, 0.5) is 34.9 Å². The van der Waals surface area contributed by atoms with Crippen molar-refractivity contribution in [1.29, 1.82) is 0 Å². The van der Waals surface area contributed by atoms with Crippen LogP contribution in [0.2, 0.25) is 0 Å². The molecule has 0 fully saturated rings. The fourth-order valence-electron chi connectivity index (χ4n) is 1.48. The zero-order valence-electron chi connectivity index (χ0n) is 9.50. The van der Waals surface area contributed by atoms with E-state index in [0.717, 1.165) is 6.07 Å². The van der Waals surface area contributed by atoms with Gasteiger partial charge < -0.3 is 11.1 Å². The Kier molecular flexibility index (Phi) is 3.28. The standard InChI is InChI=1S/C12H9F4N3/c13-8-3-1-2-4-9(8)18-11-6-7(12(14,15)16)5-10(17)19-11/h1-6H,(H3,17,18,19). The Morgan fingerprint density at radius 3 is 2.42 bits per heavy atom. The SMILES string of the molecule is Nc1cc(C(F)(F)F)cc(Nc2ccccc2F)n1. The van der Waals surface area contributed by atoms with Crippen LogP contribution in [0.15, 0.2) is 36.4 Å². The van der Waals surface area contributed by atoms with Gasteiger partial charge in [-0.05, 0) is 24.3 Å². The molecule has 0 atom stereocenters. The number of nitrogens with one attached hydrogen (secondary N) is 1.